The van der Waals surface area contributed by atoms with E-state index in [0.717, 1.165) is 20.9 Å². The van der Waals surface area contributed by atoms with Crippen molar-refractivity contribution in [1.82, 2.24) is 4.98 Å². The van der Waals surface area contributed by atoms with E-state index >= 15 is 0 Å². The highest BCUT2D eigenvalue weighted by atomic mass is 79.9. The first-order valence-electron chi connectivity index (χ1n) is 9.73. The van der Waals surface area contributed by atoms with Gasteiger partial charge in [0.15, 0.2) is 15.0 Å². The van der Waals surface area contributed by atoms with Gasteiger partial charge in [0.05, 0.1) is 18.1 Å². The topological polar surface area (TPSA) is 59.5 Å². The highest BCUT2D eigenvalue weighted by Crippen LogP contribution is 2.35. The number of rotatable bonds is 5. The lowest BCUT2D eigenvalue weighted by Gasteiger charge is -2.31. The van der Waals surface area contributed by atoms with Gasteiger partial charge in [-0.15, -0.1) is 11.3 Å². The van der Waals surface area contributed by atoms with Crippen LogP contribution in [0.3, 0.4) is 0 Å². The smallest absolute Gasteiger partial charge is 0.185 e. The van der Waals surface area contributed by atoms with E-state index in [2.05, 4.69) is 57.4 Å². The maximum atomic E-state index is 13.2. The van der Waals surface area contributed by atoms with Crippen molar-refractivity contribution in [2.24, 2.45) is 0 Å². The average molecular weight is 507 g/mol. The molecule has 0 unspecified atom stereocenters. The molecule has 0 radical (unpaired) electrons. The molecule has 1 saturated heterocycles. The zero-order valence-electron chi connectivity index (χ0n) is 16.8. The molecule has 0 amide bonds. The number of hydrogen-bond acceptors (Lipinski definition) is 6. The molecule has 158 valence electrons. The van der Waals surface area contributed by atoms with Crippen LogP contribution < -0.4 is 9.64 Å². The van der Waals surface area contributed by atoms with Crippen LogP contribution in [0.4, 0.5) is 5.13 Å². The van der Waals surface area contributed by atoms with Crippen LogP contribution in [0.2, 0.25) is 0 Å². The molecule has 1 aromatic heterocycles. The number of nitrogens with zero attached hydrogens (tertiary/aromatic N) is 2. The fourth-order valence-corrected chi connectivity index (χ4v) is 6.99. The molecule has 1 fully saturated rings. The van der Waals surface area contributed by atoms with Crippen LogP contribution in [0.5, 0.6) is 5.75 Å². The molecule has 1 aliphatic heterocycles. The lowest BCUT2D eigenvalue weighted by molar-refractivity contribution is 0.401. The van der Waals surface area contributed by atoms with E-state index in [-0.39, 0.29) is 4.90 Å². The summed E-state index contributed by atoms with van der Waals surface area (Å²) in [5.74, 6) is 0.392. The van der Waals surface area contributed by atoms with Gasteiger partial charge in [-0.25, -0.2) is 13.4 Å². The SMILES string of the molecule is COc1ccc(Br)cc1S(=O)(=O)C1CCN(c2nc(-c3ccc(C)cc3)cs2)CC1. The molecular weight excluding hydrogens is 484 g/mol. The van der Waals surface area contributed by atoms with Gasteiger partial charge in [-0.05, 0) is 38.0 Å². The second-order valence-electron chi connectivity index (χ2n) is 7.41. The lowest BCUT2D eigenvalue weighted by Crippen LogP contribution is -2.39. The molecule has 8 heteroatoms. The molecule has 2 aromatic carbocycles. The van der Waals surface area contributed by atoms with Crippen molar-refractivity contribution in [1.29, 1.82) is 0 Å². The first-order chi connectivity index (χ1) is 14.4. The van der Waals surface area contributed by atoms with Crippen LogP contribution in [-0.2, 0) is 9.84 Å². The van der Waals surface area contributed by atoms with Crippen molar-refractivity contribution in [2.75, 3.05) is 25.1 Å². The zero-order valence-corrected chi connectivity index (χ0v) is 20.1. The summed E-state index contributed by atoms with van der Waals surface area (Å²) < 4.78 is 32.5. The zero-order chi connectivity index (χ0) is 21.3. The standard InChI is InChI=1S/C22H23BrN2O3S2/c1-15-3-5-16(6-4-15)19-14-29-22(24-19)25-11-9-18(10-12-25)30(26,27)21-13-17(23)7-8-20(21)28-2/h3-8,13-14,18H,9-12H2,1-2H3. The van der Waals surface area contributed by atoms with Crippen molar-refractivity contribution in [3.05, 3.63) is 57.9 Å². The molecule has 0 saturated carbocycles. The van der Waals surface area contributed by atoms with Gasteiger partial charge in [0.2, 0.25) is 0 Å². The minimum atomic E-state index is -3.47. The number of benzene rings is 2. The third-order valence-electron chi connectivity index (χ3n) is 5.42. The third-order valence-corrected chi connectivity index (χ3v) is 9.10. The Balaban J connectivity index is 1.48. The Labute approximate surface area is 189 Å². The highest BCUT2D eigenvalue weighted by Gasteiger charge is 2.34. The number of anilines is 1. The molecule has 0 N–H and O–H groups in total. The predicted octanol–water partition coefficient (Wildman–Crippen LogP) is 5.33. The normalized spacial score (nSPS) is 15.4. The monoisotopic (exact) mass is 506 g/mol. The van der Waals surface area contributed by atoms with Gasteiger partial charge in [-0.3, -0.25) is 0 Å². The number of piperidine rings is 1. The fourth-order valence-electron chi connectivity index (χ4n) is 3.68. The number of thiazole rings is 1. The molecule has 0 atom stereocenters. The minimum Gasteiger partial charge on any atom is -0.495 e. The van der Waals surface area contributed by atoms with Crippen LogP contribution in [0.25, 0.3) is 11.3 Å². The molecular formula is C22H23BrN2O3S2. The Kier molecular flexibility index (Phi) is 6.18. The van der Waals surface area contributed by atoms with Crippen LogP contribution in [0, 0.1) is 6.92 Å². The van der Waals surface area contributed by atoms with Crippen LogP contribution >= 0.6 is 27.3 Å². The molecule has 1 aliphatic rings. The summed E-state index contributed by atoms with van der Waals surface area (Å²) in [6, 6.07) is 13.4. The number of sulfone groups is 1. The maximum Gasteiger partial charge on any atom is 0.185 e. The van der Waals surface area contributed by atoms with E-state index < -0.39 is 15.1 Å². The average Bonchev–Trinajstić information content (AvgIpc) is 3.24. The van der Waals surface area contributed by atoms with E-state index in [1.807, 2.05) is 0 Å². The third kappa shape index (κ3) is 4.26. The summed E-state index contributed by atoms with van der Waals surface area (Å²) in [6.07, 6.45) is 1.13. The van der Waals surface area contributed by atoms with Gasteiger partial charge >= 0.3 is 0 Å². The minimum absolute atomic E-state index is 0.258. The number of ether oxygens (including phenoxy) is 1. The Morgan fingerprint density at radius 2 is 1.83 bits per heavy atom. The number of aryl methyl sites for hydroxylation is 1. The Morgan fingerprint density at radius 1 is 1.13 bits per heavy atom. The van der Waals surface area contributed by atoms with Gasteiger partial charge in [-0.1, -0.05) is 45.8 Å². The Hall–Kier alpha value is -1.90. The largest absolute Gasteiger partial charge is 0.495 e. The number of hydrogen-bond donors (Lipinski definition) is 0. The van der Waals surface area contributed by atoms with E-state index in [4.69, 9.17) is 9.72 Å². The summed E-state index contributed by atoms with van der Waals surface area (Å²) in [7, 11) is -1.97. The molecule has 0 aliphatic carbocycles. The predicted molar refractivity (Wildman–Crippen MR) is 125 cm³/mol. The number of halogens is 1. The fraction of sp³-hybridized carbons (Fsp3) is 0.318. The van der Waals surface area contributed by atoms with E-state index in [1.165, 1.54) is 12.7 Å². The highest BCUT2D eigenvalue weighted by molar-refractivity contribution is 9.10. The van der Waals surface area contributed by atoms with Crippen molar-refractivity contribution >= 4 is 42.2 Å². The summed E-state index contributed by atoms with van der Waals surface area (Å²) in [5.41, 5.74) is 3.28. The number of methoxy groups -OCH3 is 1. The summed E-state index contributed by atoms with van der Waals surface area (Å²) in [4.78, 5) is 7.23. The van der Waals surface area contributed by atoms with Crippen molar-refractivity contribution in [3.8, 4) is 17.0 Å². The van der Waals surface area contributed by atoms with Crippen LogP contribution in [0.15, 0.2) is 57.2 Å². The van der Waals surface area contributed by atoms with Crippen LogP contribution in [-0.4, -0.2) is 38.9 Å². The molecule has 3 aromatic rings. The van der Waals surface area contributed by atoms with E-state index in [9.17, 15) is 8.42 Å². The Bertz CT molecular complexity index is 1140. The molecule has 5 nitrogen and oxygen atoms in total. The second-order valence-corrected chi connectivity index (χ2v) is 11.4. The van der Waals surface area contributed by atoms with Gasteiger partial charge in [-0.2, -0.15) is 0 Å². The first kappa shape index (κ1) is 21.3. The van der Waals surface area contributed by atoms with Gasteiger partial charge < -0.3 is 9.64 Å². The lowest BCUT2D eigenvalue weighted by atomic mass is 10.1. The first-order valence-corrected chi connectivity index (χ1v) is 13.0. The van der Waals surface area contributed by atoms with Crippen molar-refractivity contribution in [3.63, 3.8) is 0 Å². The van der Waals surface area contributed by atoms with Crippen molar-refractivity contribution < 1.29 is 13.2 Å². The molecule has 0 spiro atoms. The second kappa shape index (κ2) is 8.69. The summed E-state index contributed by atoms with van der Waals surface area (Å²) >= 11 is 4.98. The number of aromatic nitrogens is 1. The molecule has 30 heavy (non-hydrogen) atoms. The van der Waals surface area contributed by atoms with E-state index in [1.54, 1.807) is 29.5 Å². The molecule has 4 rings (SSSR count). The van der Waals surface area contributed by atoms with Gasteiger partial charge in [0.1, 0.15) is 10.6 Å². The van der Waals surface area contributed by atoms with Gasteiger partial charge in [0.25, 0.3) is 0 Å². The van der Waals surface area contributed by atoms with Crippen molar-refractivity contribution in [2.45, 2.75) is 29.9 Å². The van der Waals surface area contributed by atoms with Crippen LogP contribution in [0.1, 0.15) is 18.4 Å². The van der Waals surface area contributed by atoms with Gasteiger partial charge in [0, 0.05) is 28.5 Å². The maximum absolute atomic E-state index is 13.2. The summed E-state index contributed by atoms with van der Waals surface area (Å²) in [6.45, 7) is 3.40. The Morgan fingerprint density at radius 3 is 2.50 bits per heavy atom. The summed E-state index contributed by atoms with van der Waals surface area (Å²) in [5, 5.41) is 2.59. The molecule has 2 heterocycles. The van der Waals surface area contributed by atoms with E-state index in [0.29, 0.717) is 31.7 Å². The quantitative estimate of drug-likeness (QED) is 0.467. The molecule has 0 bridgehead atoms.